The molecule has 126 valence electrons. The second-order valence-corrected chi connectivity index (χ2v) is 7.65. The van der Waals surface area contributed by atoms with Crippen LogP contribution in [0.15, 0.2) is 9.90 Å². The van der Waals surface area contributed by atoms with E-state index in [1.807, 2.05) is 40.0 Å². The average Bonchev–Trinajstić information content (AvgIpc) is 3.07. The Labute approximate surface area is 140 Å². The maximum absolute atomic E-state index is 12.2. The van der Waals surface area contributed by atoms with Gasteiger partial charge in [0, 0.05) is 17.8 Å². The third-order valence-corrected chi connectivity index (χ3v) is 4.06. The third-order valence-electron chi connectivity index (χ3n) is 3.24. The Kier molecular flexibility index (Phi) is 5.03. The van der Waals surface area contributed by atoms with Gasteiger partial charge in [0.2, 0.25) is 5.89 Å². The van der Waals surface area contributed by atoms with Crippen LogP contribution in [-0.2, 0) is 12.0 Å². The summed E-state index contributed by atoms with van der Waals surface area (Å²) >= 11 is 1.57. The standard InChI is InChI=1S/C15H23N5O2S/c1-9(12-18-13(19-22-12)15(3,4)5)16-14(21)20(6)7-11-8-23-10(2)17-11/h8-9H,7H2,1-6H3,(H,16,21)/t9-/m0/s1. The van der Waals surface area contributed by atoms with Gasteiger partial charge in [-0.25, -0.2) is 9.78 Å². The number of carbonyl (C=O) groups is 1. The maximum atomic E-state index is 12.2. The largest absolute Gasteiger partial charge is 0.337 e. The van der Waals surface area contributed by atoms with E-state index < -0.39 is 0 Å². The van der Waals surface area contributed by atoms with Crippen LogP contribution in [-0.4, -0.2) is 33.1 Å². The molecule has 0 unspecified atom stereocenters. The number of hydrogen-bond acceptors (Lipinski definition) is 6. The SMILES string of the molecule is Cc1nc(CN(C)C(=O)N[C@@H](C)c2nc(C(C)(C)C)no2)cs1. The Morgan fingerprint density at radius 2 is 2.13 bits per heavy atom. The fraction of sp³-hybridized carbons (Fsp3) is 0.600. The minimum Gasteiger partial charge on any atom is -0.337 e. The molecule has 0 fully saturated rings. The first-order chi connectivity index (χ1) is 10.7. The van der Waals surface area contributed by atoms with Crippen LogP contribution >= 0.6 is 11.3 Å². The Bertz CT molecular complexity index is 673. The van der Waals surface area contributed by atoms with Gasteiger partial charge in [0.25, 0.3) is 0 Å². The van der Waals surface area contributed by atoms with Gasteiger partial charge in [-0.15, -0.1) is 11.3 Å². The van der Waals surface area contributed by atoms with E-state index in [-0.39, 0.29) is 17.5 Å². The normalized spacial score (nSPS) is 13.0. The summed E-state index contributed by atoms with van der Waals surface area (Å²) in [6, 6.07) is -0.565. The summed E-state index contributed by atoms with van der Waals surface area (Å²) in [5.74, 6) is 1.03. The molecule has 2 aromatic heterocycles. The van der Waals surface area contributed by atoms with Crippen LogP contribution in [0.25, 0.3) is 0 Å². The van der Waals surface area contributed by atoms with E-state index >= 15 is 0 Å². The molecular formula is C15H23N5O2S. The first kappa shape index (κ1) is 17.4. The molecule has 0 bridgehead atoms. The number of urea groups is 1. The number of rotatable bonds is 4. The van der Waals surface area contributed by atoms with E-state index in [2.05, 4.69) is 20.4 Å². The number of nitrogens with zero attached hydrogens (tertiary/aromatic N) is 4. The number of nitrogens with one attached hydrogen (secondary N) is 1. The summed E-state index contributed by atoms with van der Waals surface area (Å²) < 4.78 is 5.25. The molecule has 0 aliphatic heterocycles. The van der Waals surface area contributed by atoms with Crippen molar-refractivity contribution >= 4 is 17.4 Å². The van der Waals surface area contributed by atoms with Crippen molar-refractivity contribution in [3.63, 3.8) is 0 Å². The number of amides is 2. The Balaban J connectivity index is 1.94. The number of aryl methyl sites for hydroxylation is 1. The first-order valence-electron chi connectivity index (χ1n) is 7.43. The number of thiazole rings is 1. The lowest BCUT2D eigenvalue weighted by atomic mass is 9.96. The number of hydrogen-bond donors (Lipinski definition) is 1. The van der Waals surface area contributed by atoms with E-state index in [4.69, 9.17) is 4.52 Å². The van der Waals surface area contributed by atoms with E-state index in [1.165, 1.54) is 0 Å². The highest BCUT2D eigenvalue weighted by Gasteiger charge is 2.24. The predicted molar refractivity (Wildman–Crippen MR) is 88.3 cm³/mol. The van der Waals surface area contributed by atoms with Gasteiger partial charge in [-0.05, 0) is 13.8 Å². The molecule has 7 nitrogen and oxygen atoms in total. The van der Waals surface area contributed by atoms with Gasteiger partial charge in [-0.1, -0.05) is 25.9 Å². The predicted octanol–water partition coefficient (Wildman–Crippen LogP) is 3.03. The second-order valence-electron chi connectivity index (χ2n) is 6.59. The number of aromatic nitrogens is 3. The maximum Gasteiger partial charge on any atom is 0.318 e. The van der Waals surface area contributed by atoms with E-state index in [0.29, 0.717) is 18.3 Å². The van der Waals surface area contributed by atoms with E-state index in [1.54, 1.807) is 23.3 Å². The van der Waals surface area contributed by atoms with Crippen LogP contribution in [0, 0.1) is 6.92 Å². The minimum absolute atomic E-state index is 0.190. The van der Waals surface area contributed by atoms with Crippen molar-refractivity contribution in [3.8, 4) is 0 Å². The minimum atomic E-state index is -0.356. The summed E-state index contributed by atoms with van der Waals surface area (Å²) in [6.07, 6.45) is 0. The summed E-state index contributed by atoms with van der Waals surface area (Å²) in [5.41, 5.74) is 0.690. The molecule has 2 aromatic rings. The average molecular weight is 337 g/mol. The van der Waals surface area contributed by atoms with E-state index in [0.717, 1.165) is 10.7 Å². The molecule has 0 aromatic carbocycles. The van der Waals surface area contributed by atoms with Crippen LogP contribution < -0.4 is 5.32 Å². The summed E-state index contributed by atoms with van der Waals surface area (Å²) in [7, 11) is 1.73. The van der Waals surface area contributed by atoms with Crippen molar-refractivity contribution in [1.82, 2.24) is 25.3 Å². The van der Waals surface area contributed by atoms with Gasteiger partial charge in [0.1, 0.15) is 6.04 Å². The van der Waals surface area contributed by atoms with Crippen molar-refractivity contribution < 1.29 is 9.32 Å². The third kappa shape index (κ3) is 4.51. The monoisotopic (exact) mass is 337 g/mol. The molecule has 0 spiro atoms. The molecule has 0 saturated heterocycles. The van der Waals surface area contributed by atoms with Crippen LogP contribution in [0.3, 0.4) is 0 Å². The molecule has 0 aliphatic rings. The molecular weight excluding hydrogens is 314 g/mol. The van der Waals surface area contributed by atoms with Crippen molar-refractivity contribution in [1.29, 1.82) is 0 Å². The zero-order valence-electron chi connectivity index (χ0n) is 14.4. The highest BCUT2D eigenvalue weighted by atomic mass is 32.1. The molecule has 23 heavy (non-hydrogen) atoms. The highest BCUT2D eigenvalue weighted by Crippen LogP contribution is 2.20. The van der Waals surface area contributed by atoms with Crippen LogP contribution in [0.2, 0.25) is 0 Å². The van der Waals surface area contributed by atoms with Crippen molar-refractivity contribution in [2.75, 3.05) is 7.05 Å². The summed E-state index contributed by atoms with van der Waals surface area (Å²) in [5, 5.41) is 9.77. The van der Waals surface area contributed by atoms with Crippen molar-refractivity contribution in [2.45, 2.75) is 52.6 Å². The first-order valence-corrected chi connectivity index (χ1v) is 8.31. The Morgan fingerprint density at radius 1 is 1.43 bits per heavy atom. The molecule has 0 saturated carbocycles. The zero-order valence-corrected chi connectivity index (χ0v) is 15.2. The molecule has 8 heteroatoms. The summed E-state index contributed by atoms with van der Waals surface area (Å²) in [4.78, 5) is 22.5. The lowest BCUT2D eigenvalue weighted by molar-refractivity contribution is 0.200. The lowest BCUT2D eigenvalue weighted by Crippen LogP contribution is -2.38. The molecule has 1 N–H and O–H groups in total. The van der Waals surface area contributed by atoms with Gasteiger partial charge in [0.15, 0.2) is 5.82 Å². The highest BCUT2D eigenvalue weighted by molar-refractivity contribution is 7.09. The fourth-order valence-electron chi connectivity index (χ4n) is 1.87. The van der Waals surface area contributed by atoms with Crippen LogP contribution in [0.4, 0.5) is 4.79 Å². The molecule has 1 atom stereocenters. The molecule has 2 heterocycles. The van der Waals surface area contributed by atoms with Gasteiger partial charge in [0.05, 0.1) is 17.2 Å². The second kappa shape index (κ2) is 6.66. The molecule has 0 aliphatic carbocycles. The summed E-state index contributed by atoms with van der Waals surface area (Å²) in [6.45, 7) is 10.2. The Morgan fingerprint density at radius 3 is 2.65 bits per heavy atom. The zero-order chi connectivity index (χ0) is 17.2. The number of carbonyl (C=O) groups excluding carboxylic acids is 1. The van der Waals surface area contributed by atoms with Crippen LogP contribution in [0.1, 0.15) is 56.2 Å². The lowest BCUT2D eigenvalue weighted by Gasteiger charge is -2.19. The molecule has 2 amide bonds. The van der Waals surface area contributed by atoms with Gasteiger partial charge < -0.3 is 14.7 Å². The Hall–Kier alpha value is -1.96. The van der Waals surface area contributed by atoms with E-state index in [9.17, 15) is 4.79 Å². The van der Waals surface area contributed by atoms with Crippen molar-refractivity contribution in [3.05, 3.63) is 27.8 Å². The van der Waals surface area contributed by atoms with Crippen LogP contribution in [0.5, 0.6) is 0 Å². The molecule has 0 radical (unpaired) electrons. The molecule has 2 rings (SSSR count). The fourth-order valence-corrected chi connectivity index (χ4v) is 2.47. The van der Waals surface area contributed by atoms with Gasteiger partial charge >= 0.3 is 6.03 Å². The quantitative estimate of drug-likeness (QED) is 0.927. The topological polar surface area (TPSA) is 84.2 Å². The van der Waals surface area contributed by atoms with Gasteiger partial charge in [-0.2, -0.15) is 4.98 Å². The van der Waals surface area contributed by atoms with Gasteiger partial charge in [-0.3, -0.25) is 0 Å². The van der Waals surface area contributed by atoms with Crippen molar-refractivity contribution in [2.24, 2.45) is 0 Å². The smallest absolute Gasteiger partial charge is 0.318 e.